The van der Waals surface area contributed by atoms with Gasteiger partial charge >= 0.3 is 0 Å². The first-order valence-electron chi connectivity index (χ1n) is 4.62. The Hall–Kier alpha value is -1.71. The molecule has 1 aromatic carbocycles. The smallest absolute Gasteiger partial charge is 0.177 e. The number of H-pyrrole nitrogens is 1. The molecule has 14 heavy (non-hydrogen) atoms. The number of benzene rings is 1. The third-order valence-corrected chi connectivity index (χ3v) is 2.78. The van der Waals surface area contributed by atoms with Crippen molar-refractivity contribution < 1.29 is 0 Å². The van der Waals surface area contributed by atoms with Crippen LogP contribution in [0.25, 0.3) is 0 Å². The van der Waals surface area contributed by atoms with E-state index >= 15 is 0 Å². The first-order valence-corrected chi connectivity index (χ1v) is 4.62. The molecule has 1 aliphatic carbocycles. The highest BCUT2D eigenvalue weighted by molar-refractivity contribution is 5.37. The van der Waals surface area contributed by atoms with Gasteiger partial charge in [0.2, 0.25) is 0 Å². The van der Waals surface area contributed by atoms with E-state index in [0.717, 1.165) is 18.7 Å². The summed E-state index contributed by atoms with van der Waals surface area (Å²) in [6, 6.07) is 11.1. The fourth-order valence-electron chi connectivity index (χ4n) is 1.82. The van der Waals surface area contributed by atoms with E-state index in [-0.39, 0.29) is 5.41 Å². The van der Waals surface area contributed by atoms with Crippen LogP contribution < -0.4 is 0 Å². The Labute approximate surface area is 81.4 Å². The van der Waals surface area contributed by atoms with Gasteiger partial charge in [0.25, 0.3) is 0 Å². The van der Waals surface area contributed by atoms with E-state index in [2.05, 4.69) is 32.8 Å². The van der Waals surface area contributed by atoms with Crippen LogP contribution in [0.3, 0.4) is 0 Å². The summed E-state index contributed by atoms with van der Waals surface area (Å²) in [5, 5.41) is 14.2. The molecule has 0 bridgehead atoms. The molecule has 1 fully saturated rings. The third kappa shape index (κ3) is 0.968. The SMILES string of the molecule is [c]1cccc(C2(c3nn[nH]n3)CC2)c1. The molecular formula is C10H9N4. The summed E-state index contributed by atoms with van der Waals surface area (Å²) in [6.45, 7) is 0. The van der Waals surface area contributed by atoms with Crippen LogP contribution in [0.5, 0.6) is 0 Å². The molecule has 3 rings (SSSR count). The summed E-state index contributed by atoms with van der Waals surface area (Å²) in [4.78, 5) is 0. The summed E-state index contributed by atoms with van der Waals surface area (Å²) in [5.74, 6) is 0.803. The fourth-order valence-corrected chi connectivity index (χ4v) is 1.82. The molecule has 1 N–H and O–H groups in total. The van der Waals surface area contributed by atoms with E-state index in [1.54, 1.807) is 0 Å². The molecular weight excluding hydrogens is 176 g/mol. The lowest BCUT2D eigenvalue weighted by Gasteiger charge is -2.09. The molecule has 1 aromatic heterocycles. The average Bonchev–Trinajstić information content (AvgIpc) is 2.88. The lowest BCUT2D eigenvalue weighted by molar-refractivity contribution is 0.758. The molecule has 2 aromatic rings. The monoisotopic (exact) mass is 185 g/mol. The van der Waals surface area contributed by atoms with Gasteiger partial charge in [0, 0.05) is 0 Å². The van der Waals surface area contributed by atoms with Crippen molar-refractivity contribution in [2.24, 2.45) is 0 Å². The predicted molar refractivity (Wildman–Crippen MR) is 49.5 cm³/mol. The van der Waals surface area contributed by atoms with Crippen molar-refractivity contribution in [2.45, 2.75) is 18.3 Å². The lowest BCUT2D eigenvalue weighted by Crippen LogP contribution is -2.10. The maximum atomic E-state index is 4.07. The summed E-state index contributed by atoms with van der Waals surface area (Å²) >= 11 is 0. The van der Waals surface area contributed by atoms with Gasteiger partial charge in [-0.15, -0.1) is 10.2 Å². The summed E-state index contributed by atoms with van der Waals surface area (Å²) < 4.78 is 0. The number of tetrazole rings is 1. The van der Waals surface area contributed by atoms with Gasteiger partial charge in [-0.1, -0.05) is 29.5 Å². The first-order chi connectivity index (χ1) is 6.92. The number of aromatic nitrogens is 4. The van der Waals surface area contributed by atoms with Crippen molar-refractivity contribution in [3.63, 3.8) is 0 Å². The zero-order chi connectivity index (χ0) is 9.43. The largest absolute Gasteiger partial charge is 0.185 e. The van der Waals surface area contributed by atoms with Crippen molar-refractivity contribution in [3.05, 3.63) is 41.7 Å². The van der Waals surface area contributed by atoms with Gasteiger partial charge in [0.1, 0.15) is 0 Å². The minimum Gasteiger partial charge on any atom is -0.177 e. The minimum absolute atomic E-state index is 0.0186. The Morgan fingerprint density at radius 2 is 2.36 bits per heavy atom. The zero-order valence-electron chi connectivity index (χ0n) is 7.57. The van der Waals surface area contributed by atoms with Crippen molar-refractivity contribution in [3.8, 4) is 0 Å². The molecule has 1 saturated carbocycles. The summed E-state index contributed by atoms with van der Waals surface area (Å²) in [5.41, 5.74) is 1.26. The molecule has 0 unspecified atom stereocenters. The molecule has 1 heterocycles. The second kappa shape index (κ2) is 2.64. The number of nitrogens with one attached hydrogen (secondary N) is 1. The van der Waals surface area contributed by atoms with Crippen LogP contribution in [-0.2, 0) is 5.41 Å². The Balaban J connectivity index is 2.07. The van der Waals surface area contributed by atoms with Crippen molar-refractivity contribution >= 4 is 0 Å². The normalized spacial score (nSPS) is 18.0. The van der Waals surface area contributed by atoms with Crippen LogP contribution in [0.15, 0.2) is 24.3 Å². The second-order valence-electron chi connectivity index (χ2n) is 3.61. The topological polar surface area (TPSA) is 54.5 Å². The van der Waals surface area contributed by atoms with Gasteiger partial charge in [-0.3, -0.25) is 0 Å². The zero-order valence-corrected chi connectivity index (χ0v) is 7.57. The lowest BCUT2D eigenvalue weighted by atomic mass is 9.95. The summed E-state index contributed by atoms with van der Waals surface area (Å²) in [6.07, 6.45) is 2.20. The minimum atomic E-state index is 0.0186. The molecule has 0 saturated heterocycles. The van der Waals surface area contributed by atoms with Crippen LogP contribution in [0.1, 0.15) is 24.2 Å². The van der Waals surface area contributed by atoms with E-state index < -0.39 is 0 Å². The van der Waals surface area contributed by atoms with Gasteiger partial charge < -0.3 is 0 Å². The third-order valence-electron chi connectivity index (χ3n) is 2.78. The molecule has 0 spiro atoms. The summed E-state index contributed by atoms with van der Waals surface area (Å²) in [7, 11) is 0. The molecule has 0 atom stereocenters. The highest BCUT2D eigenvalue weighted by Gasteiger charge is 2.49. The first kappa shape index (κ1) is 7.67. The standard InChI is InChI=1S/C10H9N4/c1-2-4-8(5-3-1)10(6-7-10)9-11-13-14-12-9/h1-2,4-5H,6-7H2,(H,11,12,13,14). The fraction of sp³-hybridized carbons (Fsp3) is 0.300. The average molecular weight is 185 g/mol. The quantitative estimate of drug-likeness (QED) is 0.761. The Kier molecular flexibility index (Phi) is 1.45. The van der Waals surface area contributed by atoms with Gasteiger partial charge in [0.15, 0.2) is 5.82 Å². The van der Waals surface area contributed by atoms with E-state index in [4.69, 9.17) is 0 Å². The maximum Gasteiger partial charge on any atom is 0.185 e. The van der Waals surface area contributed by atoms with Crippen LogP contribution in [0, 0.1) is 6.07 Å². The van der Waals surface area contributed by atoms with Crippen molar-refractivity contribution in [1.82, 2.24) is 20.6 Å². The van der Waals surface area contributed by atoms with Crippen LogP contribution in [0.2, 0.25) is 0 Å². The van der Waals surface area contributed by atoms with Crippen LogP contribution >= 0.6 is 0 Å². The molecule has 1 aliphatic rings. The number of rotatable bonds is 2. The van der Waals surface area contributed by atoms with E-state index in [1.165, 1.54) is 5.56 Å². The van der Waals surface area contributed by atoms with E-state index in [9.17, 15) is 0 Å². The van der Waals surface area contributed by atoms with Gasteiger partial charge in [-0.05, 0) is 24.5 Å². The number of nitrogens with zero attached hydrogens (tertiary/aromatic N) is 3. The Morgan fingerprint density at radius 3 is 2.93 bits per heavy atom. The number of aromatic amines is 1. The predicted octanol–water partition coefficient (Wildman–Crippen LogP) is 1.08. The van der Waals surface area contributed by atoms with Crippen LogP contribution in [-0.4, -0.2) is 20.6 Å². The molecule has 1 radical (unpaired) electrons. The highest BCUT2D eigenvalue weighted by atomic mass is 15.5. The highest BCUT2D eigenvalue weighted by Crippen LogP contribution is 2.51. The molecule has 69 valence electrons. The van der Waals surface area contributed by atoms with Crippen LogP contribution in [0.4, 0.5) is 0 Å². The van der Waals surface area contributed by atoms with Gasteiger partial charge in [-0.25, -0.2) is 0 Å². The molecule has 0 amide bonds. The van der Waals surface area contributed by atoms with E-state index in [1.807, 2.05) is 18.2 Å². The van der Waals surface area contributed by atoms with Crippen molar-refractivity contribution in [1.29, 1.82) is 0 Å². The molecule has 4 nitrogen and oxygen atoms in total. The number of hydrogen-bond acceptors (Lipinski definition) is 3. The second-order valence-corrected chi connectivity index (χ2v) is 3.61. The molecule has 0 aliphatic heterocycles. The molecule has 4 heteroatoms. The van der Waals surface area contributed by atoms with E-state index in [0.29, 0.717) is 0 Å². The number of hydrogen-bond donors (Lipinski definition) is 1. The van der Waals surface area contributed by atoms with Gasteiger partial charge in [-0.2, -0.15) is 5.21 Å². The van der Waals surface area contributed by atoms with Gasteiger partial charge in [0.05, 0.1) is 5.41 Å². The Bertz CT molecular complexity index is 417. The van der Waals surface area contributed by atoms with Crippen molar-refractivity contribution in [2.75, 3.05) is 0 Å². The Morgan fingerprint density at radius 1 is 1.43 bits per heavy atom. The maximum absolute atomic E-state index is 4.07.